The summed E-state index contributed by atoms with van der Waals surface area (Å²) in [4.78, 5) is 4.37. The molecule has 3 aliphatic rings. The number of rotatable bonds is 2. The SMILES string of the molecule is CCc1nccn1C12CC(C1)C2. The smallest absolute Gasteiger partial charge is 0.108 e. The monoisotopic (exact) mass is 162 g/mol. The van der Waals surface area contributed by atoms with E-state index in [2.05, 4.69) is 22.7 Å². The number of imidazole rings is 1. The molecule has 12 heavy (non-hydrogen) atoms. The minimum atomic E-state index is 0.534. The molecule has 0 aliphatic heterocycles. The molecule has 64 valence electrons. The predicted molar refractivity (Wildman–Crippen MR) is 46.9 cm³/mol. The summed E-state index contributed by atoms with van der Waals surface area (Å²) in [6.45, 7) is 2.18. The number of hydrogen-bond donors (Lipinski definition) is 0. The van der Waals surface area contributed by atoms with Gasteiger partial charge in [-0.3, -0.25) is 0 Å². The Hall–Kier alpha value is -0.790. The number of nitrogens with zero attached hydrogens (tertiary/aromatic N) is 2. The van der Waals surface area contributed by atoms with Crippen LogP contribution in [0.15, 0.2) is 12.4 Å². The summed E-state index contributed by atoms with van der Waals surface area (Å²) in [6.07, 6.45) is 9.41. The van der Waals surface area contributed by atoms with E-state index in [0.29, 0.717) is 5.54 Å². The fourth-order valence-corrected chi connectivity index (χ4v) is 2.76. The Bertz CT molecular complexity index is 296. The van der Waals surface area contributed by atoms with Gasteiger partial charge in [0.15, 0.2) is 0 Å². The third-order valence-corrected chi connectivity index (χ3v) is 3.55. The van der Waals surface area contributed by atoms with Crippen LogP contribution >= 0.6 is 0 Å². The highest BCUT2D eigenvalue weighted by molar-refractivity contribution is 5.15. The average Bonchev–Trinajstić information content (AvgIpc) is 2.29. The molecule has 1 heterocycles. The Balaban J connectivity index is 1.99. The van der Waals surface area contributed by atoms with Crippen LogP contribution in [0.2, 0.25) is 0 Å². The van der Waals surface area contributed by atoms with Crippen LogP contribution in [-0.2, 0) is 12.0 Å². The van der Waals surface area contributed by atoms with Crippen molar-refractivity contribution in [1.82, 2.24) is 9.55 Å². The van der Waals surface area contributed by atoms with Gasteiger partial charge in [0.1, 0.15) is 5.82 Å². The molecule has 3 aliphatic carbocycles. The number of aryl methyl sites for hydroxylation is 1. The van der Waals surface area contributed by atoms with E-state index in [1.54, 1.807) is 0 Å². The second kappa shape index (κ2) is 1.93. The fourth-order valence-electron chi connectivity index (χ4n) is 2.76. The molecule has 0 amide bonds. The standard InChI is InChI=1S/C10H14N2/c1-2-9-11-3-4-12(9)10-5-8(6-10)7-10/h3-4,8H,2,5-7H2,1H3. The molecule has 0 atom stereocenters. The summed E-state index contributed by atoms with van der Waals surface area (Å²) in [5.41, 5.74) is 0.534. The van der Waals surface area contributed by atoms with Crippen molar-refractivity contribution in [1.29, 1.82) is 0 Å². The molecule has 0 spiro atoms. The van der Waals surface area contributed by atoms with Gasteiger partial charge in [-0.25, -0.2) is 4.98 Å². The molecule has 0 unspecified atom stereocenters. The zero-order chi connectivity index (χ0) is 8.18. The van der Waals surface area contributed by atoms with Gasteiger partial charge in [-0.15, -0.1) is 0 Å². The van der Waals surface area contributed by atoms with Crippen LogP contribution in [-0.4, -0.2) is 9.55 Å². The molecule has 0 N–H and O–H groups in total. The van der Waals surface area contributed by atoms with Crippen molar-refractivity contribution in [2.45, 2.75) is 38.1 Å². The van der Waals surface area contributed by atoms with E-state index in [4.69, 9.17) is 0 Å². The maximum Gasteiger partial charge on any atom is 0.108 e. The Labute approximate surface area is 72.6 Å². The van der Waals surface area contributed by atoms with Crippen LogP contribution in [0.4, 0.5) is 0 Å². The Kier molecular flexibility index (Phi) is 1.07. The van der Waals surface area contributed by atoms with Crippen LogP contribution in [0.3, 0.4) is 0 Å². The van der Waals surface area contributed by atoms with Crippen molar-refractivity contribution >= 4 is 0 Å². The van der Waals surface area contributed by atoms with Crippen molar-refractivity contribution in [3.05, 3.63) is 18.2 Å². The second-order valence-corrected chi connectivity index (χ2v) is 4.27. The Morgan fingerprint density at radius 1 is 1.58 bits per heavy atom. The van der Waals surface area contributed by atoms with E-state index in [-0.39, 0.29) is 0 Å². The largest absolute Gasteiger partial charge is 0.329 e. The van der Waals surface area contributed by atoms with Gasteiger partial charge in [0.05, 0.1) is 0 Å². The maximum absolute atomic E-state index is 4.37. The fraction of sp³-hybridized carbons (Fsp3) is 0.700. The van der Waals surface area contributed by atoms with Crippen LogP contribution in [0.1, 0.15) is 32.0 Å². The molecular formula is C10H14N2. The quantitative estimate of drug-likeness (QED) is 0.650. The lowest BCUT2D eigenvalue weighted by molar-refractivity contribution is -0.0906. The van der Waals surface area contributed by atoms with Crippen LogP contribution in [0.25, 0.3) is 0 Å². The van der Waals surface area contributed by atoms with Crippen LogP contribution < -0.4 is 0 Å². The van der Waals surface area contributed by atoms with Gasteiger partial charge in [0, 0.05) is 24.4 Å². The first-order chi connectivity index (χ1) is 5.84. The highest BCUT2D eigenvalue weighted by atomic mass is 15.2. The van der Waals surface area contributed by atoms with E-state index in [1.807, 2.05) is 6.20 Å². The molecule has 4 rings (SSSR count). The van der Waals surface area contributed by atoms with E-state index in [9.17, 15) is 0 Å². The molecule has 0 radical (unpaired) electrons. The van der Waals surface area contributed by atoms with Gasteiger partial charge in [0.2, 0.25) is 0 Å². The zero-order valence-corrected chi connectivity index (χ0v) is 7.45. The lowest BCUT2D eigenvalue weighted by atomic mass is 9.49. The highest BCUT2D eigenvalue weighted by Gasteiger charge is 2.58. The molecule has 3 fully saturated rings. The third-order valence-electron chi connectivity index (χ3n) is 3.55. The first kappa shape index (κ1) is 6.70. The Morgan fingerprint density at radius 2 is 2.33 bits per heavy atom. The topological polar surface area (TPSA) is 17.8 Å². The van der Waals surface area contributed by atoms with Crippen molar-refractivity contribution in [3.8, 4) is 0 Å². The van der Waals surface area contributed by atoms with Crippen molar-refractivity contribution in [2.75, 3.05) is 0 Å². The van der Waals surface area contributed by atoms with Crippen molar-refractivity contribution in [3.63, 3.8) is 0 Å². The summed E-state index contributed by atoms with van der Waals surface area (Å²) in [5.74, 6) is 2.32. The van der Waals surface area contributed by atoms with Gasteiger partial charge in [-0.05, 0) is 25.2 Å². The molecular weight excluding hydrogens is 148 g/mol. The van der Waals surface area contributed by atoms with Gasteiger partial charge in [-0.2, -0.15) is 0 Å². The minimum absolute atomic E-state index is 0.534. The predicted octanol–water partition coefficient (Wildman–Crippen LogP) is 1.95. The summed E-state index contributed by atoms with van der Waals surface area (Å²) in [6, 6.07) is 0. The summed E-state index contributed by atoms with van der Waals surface area (Å²) in [7, 11) is 0. The minimum Gasteiger partial charge on any atom is -0.329 e. The third kappa shape index (κ3) is 0.598. The van der Waals surface area contributed by atoms with Crippen LogP contribution in [0.5, 0.6) is 0 Å². The molecule has 1 aromatic rings. The molecule has 2 bridgehead atoms. The Morgan fingerprint density at radius 3 is 2.83 bits per heavy atom. The lowest BCUT2D eigenvalue weighted by Crippen LogP contribution is -2.59. The molecule has 3 saturated carbocycles. The van der Waals surface area contributed by atoms with E-state index in [1.165, 1.54) is 25.1 Å². The molecule has 0 aromatic carbocycles. The number of hydrogen-bond acceptors (Lipinski definition) is 1. The lowest BCUT2D eigenvalue weighted by Gasteiger charge is -2.62. The average molecular weight is 162 g/mol. The van der Waals surface area contributed by atoms with Gasteiger partial charge < -0.3 is 4.57 Å². The summed E-state index contributed by atoms with van der Waals surface area (Å²) < 4.78 is 2.42. The van der Waals surface area contributed by atoms with E-state index >= 15 is 0 Å². The molecule has 1 aromatic heterocycles. The second-order valence-electron chi connectivity index (χ2n) is 4.27. The highest BCUT2D eigenvalue weighted by Crippen LogP contribution is 2.62. The first-order valence-corrected chi connectivity index (χ1v) is 4.87. The molecule has 2 nitrogen and oxygen atoms in total. The zero-order valence-electron chi connectivity index (χ0n) is 7.45. The van der Waals surface area contributed by atoms with Crippen LogP contribution in [0, 0.1) is 5.92 Å². The first-order valence-electron chi connectivity index (χ1n) is 4.87. The normalized spacial score (nSPS) is 37.2. The van der Waals surface area contributed by atoms with Crippen molar-refractivity contribution < 1.29 is 0 Å². The summed E-state index contributed by atoms with van der Waals surface area (Å²) >= 11 is 0. The number of aromatic nitrogens is 2. The van der Waals surface area contributed by atoms with Gasteiger partial charge in [-0.1, -0.05) is 6.92 Å². The van der Waals surface area contributed by atoms with E-state index in [0.717, 1.165) is 12.3 Å². The summed E-state index contributed by atoms with van der Waals surface area (Å²) in [5, 5.41) is 0. The van der Waals surface area contributed by atoms with Crippen molar-refractivity contribution in [2.24, 2.45) is 5.92 Å². The van der Waals surface area contributed by atoms with Gasteiger partial charge >= 0.3 is 0 Å². The van der Waals surface area contributed by atoms with Gasteiger partial charge in [0.25, 0.3) is 0 Å². The maximum atomic E-state index is 4.37. The van der Waals surface area contributed by atoms with E-state index < -0.39 is 0 Å². The molecule has 2 heteroatoms. The molecule has 0 saturated heterocycles.